The van der Waals surface area contributed by atoms with Gasteiger partial charge in [0.2, 0.25) is 0 Å². The molecule has 2 rings (SSSR count). The summed E-state index contributed by atoms with van der Waals surface area (Å²) in [5.74, 6) is 1.33. The van der Waals surface area contributed by atoms with Crippen LogP contribution in [0.3, 0.4) is 0 Å². The standard InChI is InChI=1S/C12H16N2O2/c1-4-9-5-6-10-12(13-9)14(8(2)3)11(15)7-16-10/h5-6,8H,4,7H2,1-3H3. The number of aryl methyl sites for hydroxylation is 1. The highest BCUT2D eigenvalue weighted by Gasteiger charge is 2.28. The van der Waals surface area contributed by atoms with Crippen LogP contribution < -0.4 is 9.64 Å². The topological polar surface area (TPSA) is 42.4 Å². The molecular formula is C12H16N2O2. The maximum atomic E-state index is 11.8. The molecular weight excluding hydrogens is 204 g/mol. The molecule has 16 heavy (non-hydrogen) atoms. The van der Waals surface area contributed by atoms with Crippen molar-refractivity contribution < 1.29 is 9.53 Å². The van der Waals surface area contributed by atoms with E-state index in [4.69, 9.17) is 4.74 Å². The number of rotatable bonds is 2. The lowest BCUT2D eigenvalue weighted by atomic mass is 10.2. The molecule has 4 heteroatoms. The summed E-state index contributed by atoms with van der Waals surface area (Å²) in [5, 5.41) is 0. The minimum atomic E-state index is -0.0248. The Bertz CT molecular complexity index is 415. The number of fused-ring (bicyclic) bond motifs is 1. The number of nitrogens with zero attached hydrogens (tertiary/aromatic N) is 2. The minimum Gasteiger partial charge on any atom is -0.480 e. The summed E-state index contributed by atoms with van der Waals surface area (Å²) in [6, 6.07) is 3.94. The lowest BCUT2D eigenvalue weighted by Crippen LogP contribution is -2.43. The molecule has 0 radical (unpaired) electrons. The van der Waals surface area contributed by atoms with Crippen LogP contribution in [0, 0.1) is 0 Å². The molecule has 1 aliphatic heterocycles. The molecule has 0 spiro atoms. The fourth-order valence-electron chi connectivity index (χ4n) is 1.82. The molecule has 1 amide bonds. The number of aromatic nitrogens is 1. The SMILES string of the molecule is CCc1ccc2c(n1)N(C(C)C)C(=O)CO2. The molecule has 0 atom stereocenters. The molecule has 1 aromatic rings. The number of carbonyl (C=O) groups is 1. The Morgan fingerprint density at radius 1 is 1.50 bits per heavy atom. The van der Waals surface area contributed by atoms with Crippen LogP contribution in [-0.2, 0) is 11.2 Å². The number of hydrogen-bond donors (Lipinski definition) is 0. The molecule has 0 N–H and O–H groups in total. The van der Waals surface area contributed by atoms with Crippen LogP contribution in [0.4, 0.5) is 5.82 Å². The Kier molecular flexibility index (Phi) is 2.81. The first kappa shape index (κ1) is 10.9. The Labute approximate surface area is 95.2 Å². The first-order valence-electron chi connectivity index (χ1n) is 5.58. The van der Waals surface area contributed by atoms with Gasteiger partial charge in [-0.3, -0.25) is 9.69 Å². The molecule has 4 nitrogen and oxygen atoms in total. The van der Waals surface area contributed by atoms with Gasteiger partial charge in [-0.2, -0.15) is 0 Å². The molecule has 86 valence electrons. The van der Waals surface area contributed by atoms with Gasteiger partial charge in [0.25, 0.3) is 5.91 Å². The van der Waals surface area contributed by atoms with E-state index in [0.29, 0.717) is 11.6 Å². The second-order valence-corrected chi connectivity index (χ2v) is 4.12. The summed E-state index contributed by atoms with van der Waals surface area (Å²) >= 11 is 0. The van der Waals surface area contributed by atoms with Gasteiger partial charge >= 0.3 is 0 Å². The van der Waals surface area contributed by atoms with Crippen molar-refractivity contribution in [3.8, 4) is 5.75 Å². The number of amides is 1. The smallest absolute Gasteiger partial charge is 0.266 e. The normalized spacial score (nSPS) is 15.0. The van der Waals surface area contributed by atoms with Crippen molar-refractivity contribution >= 4 is 11.7 Å². The van der Waals surface area contributed by atoms with Gasteiger partial charge < -0.3 is 4.74 Å². The van der Waals surface area contributed by atoms with Crippen LogP contribution in [0.5, 0.6) is 5.75 Å². The molecule has 0 bridgehead atoms. The molecule has 0 saturated carbocycles. The monoisotopic (exact) mass is 220 g/mol. The van der Waals surface area contributed by atoms with E-state index in [1.807, 2.05) is 32.9 Å². The maximum Gasteiger partial charge on any atom is 0.266 e. The van der Waals surface area contributed by atoms with Gasteiger partial charge in [0, 0.05) is 11.7 Å². The summed E-state index contributed by atoms with van der Waals surface area (Å²) in [5.41, 5.74) is 0.975. The zero-order valence-electron chi connectivity index (χ0n) is 9.86. The Morgan fingerprint density at radius 3 is 2.88 bits per heavy atom. The third-order valence-corrected chi connectivity index (χ3v) is 2.62. The summed E-state index contributed by atoms with van der Waals surface area (Å²) in [7, 11) is 0. The largest absolute Gasteiger partial charge is 0.480 e. The van der Waals surface area contributed by atoms with Crippen LogP contribution in [0.15, 0.2) is 12.1 Å². The zero-order chi connectivity index (χ0) is 11.7. The lowest BCUT2D eigenvalue weighted by Gasteiger charge is -2.31. The van der Waals surface area contributed by atoms with E-state index >= 15 is 0 Å². The number of anilines is 1. The lowest BCUT2D eigenvalue weighted by molar-refractivity contribution is -0.121. The predicted octanol–water partition coefficient (Wildman–Crippen LogP) is 1.78. The first-order chi connectivity index (χ1) is 7.63. The van der Waals surface area contributed by atoms with E-state index in [2.05, 4.69) is 4.98 Å². The van der Waals surface area contributed by atoms with Crippen molar-refractivity contribution in [2.24, 2.45) is 0 Å². The van der Waals surface area contributed by atoms with Crippen molar-refractivity contribution in [3.63, 3.8) is 0 Å². The Hall–Kier alpha value is -1.58. The quantitative estimate of drug-likeness (QED) is 0.763. The van der Waals surface area contributed by atoms with E-state index in [-0.39, 0.29) is 18.6 Å². The predicted molar refractivity (Wildman–Crippen MR) is 61.7 cm³/mol. The van der Waals surface area contributed by atoms with Gasteiger partial charge in [0.05, 0.1) is 0 Å². The highest BCUT2D eigenvalue weighted by atomic mass is 16.5. The van der Waals surface area contributed by atoms with Crippen molar-refractivity contribution in [2.45, 2.75) is 33.2 Å². The molecule has 0 aliphatic carbocycles. The van der Waals surface area contributed by atoms with Gasteiger partial charge in [0.15, 0.2) is 18.2 Å². The Morgan fingerprint density at radius 2 is 2.25 bits per heavy atom. The van der Waals surface area contributed by atoms with E-state index in [1.54, 1.807) is 4.90 Å². The van der Waals surface area contributed by atoms with E-state index in [1.165, 1.54) is 0 Å². The number of pyridine rings is 1. The van der Waals surface area contributed by atoms with Crippen molar-refractivity contribution in [3.05, 3.63) is 17.8 Å². The van der Waals surface area contributed by atoms with E-state index < -0.39 is 0 Å². The highest BCUT2D eigenvalue weighted by molar-refractivity contribution is 5.97. The van der Waals surface area contributed by atoms with E-state index in [0.717, 1.165) is 12.1 Å². The molecule has 0 unspecified atom stereocenters. The van der Waals surface area contributed by atoms with Gasteiger partial charge in [-0.15, -0.1) is 0 Å². The second-order valence-electron chi connectivity index (χ2n) is 4.12. The summed E-state index contributed by atoms with van der Waals surface area (Å²) in [6.45, 7) is 6.11. The van der Waals surface area contributed by atoms with Crippen molar-refractivity contribution in [1.82, 2.24) is 4.98 Å². The van der Waals surface area contributed by atoms with E-state index in [9.17, 15) is 4.79 Å². The van der Waals surface area contributed by atoms with Gasteiger partial charge in [-0.1, -0.05) is 6.92 Å². The molecule has 0 saturated heterocycles. The third-order valence-electron chi connectivity index (χ3n) is 2.62. The molecule has 0 fully saturated rings. The number of carbonyl (C=O) groups excluding carboxylic acids is 1. The molecule has 2 heterocycles. The maximum absolute atomic E-state index is 11.8. The average molecular weight is 220 g/mol. The molecule has 1 aliphatic rings. The fourth-order valence-corrected chi connectivity index (χ4v) is 1.82. The minimum absolute atomic E-state index is 0.0248. The summed E-state index contributed by atoms with van der Waals surface area (Å²) in [6.07, 6.45) is 0.855. The van der Waals surface area contributed by atoms with Gasteiger partial charge in [-0.05, 0) is 32.4 Å². The first-order valence-corrected chi connectivity index (χ1v) is 5.58. The third kappa shape index (κ3) is 1.75. The average Bonchev–Trinajstić information content (AvgIpc) is 2.27. The number of ether oxygens (including phenoxy) is 1. The van der Waals surface area contributed by atoms with Crippen LogP contribution in [0.2, 0.25) is 0 Å². The highest BCUT2D eigenvalue weighted by Crippen LogP contribution is 2.31. The molecule has 0 aromatic carbocycles. The summed E-state index contributed by atoms with van der Waals surface area (Å²) < 4.78 is 5.36. The van der Waals surface area contributed by atoms with Crippen molar-refractivity contribution in [2.75, 3.05) is 11.5 Å². The van der Waals surface area contributed by atoms with Gasteiger partial charge in [-0.25, -0.2) is 4.98 Å². The van der Waals surface area contributed by atoms with Gasteiger partial charge in [0.1, 0.15) is 0 Å². The zero-order valence-corrected chi connectivity index (χ0v) is 9.86. The Balaban J connectivity index is 2.48. The van der Waals surface area contributed by atoms with Crippen LogP contribution >= 0.6 is 0 Å². The van der Waals surface area contributed by atoms with Crippen LogP contribution in [0.1, 0.15) is 26.5 Å². The number of hydrogen-bond acceptors (Lipinski definition) is 3. The van der Waals surface area contributed by atoms with Crippen LogP contribution in [0.25, 0.3) is 0 Å². The van der Waals surface area contributed by atoms with Crippen LogP contribution in [-0.4, -0.2) is 23.5 Å². The molecule has 1 aromatic heterocycles. The summed E-state index contributed by atoms with van der Waals surface area (Å²) in [4.78, 5) is 17.9. The van der Waals surface area contributed by atoms with Crippen molar-refractivity contribution in [1.29, 1.82) is 0 Å². The fraction of sp³-hybridized carbons (Fsp3) is 0.500. The second kappa shape index (κ2) is 4.12.